The van der Waals surface area contributed by atoms with Crippen molar-refractivity contribution in [3.8, 4) is 0 Å². The first kappa shape index (κ1) is 14.2. The van der Waals surface area contributed by atoms with Gasteiger partial charge in [-0.3, -0.25) is 4.79 Å². The Labute approximate surface area is 119 Å². The van der Waals surface area contributed by atoms with E-state index in [-0.39, 0.29) is 11.3 Å². The average Bonchev–Trinajstić information content (AvgIpc) is 2.31. The summed E-state index contributed by atoms with van der Waals surface area (Å²) in [5.41, 5.74) is 5.71. The number of anilines is 1. The summed E-state index contributed by atoms with van der Waals surface area (Å²) in [6.45, 7) is 4.21. The fourth-order valence-corrected chi connectivity index (χ4v) is 3.26. The smallest absolute Gasteiger partial charge is 0.243 e. The zero-order chi connectivity index (χ0) is 14.1. The zero-order valence-electron chi connectivity index (χ0n) is 11.5. The third-order valence-electron chi connectivity index (χ3n) is 4.36. The highest BCUT2D eigenvalue weighted by Gasteiger charge is 2.51. The molecule has 1 aromatic rings. The second-order valence-electron chi connectivity index (χ2n) is 6.00. The van der Waals surface area contributed by atoms with Gasteiger partial charge < -0.3 is 11.1 Å². The lowest BCUT2D eigenvalue weighted by molar-refractivity contribution is -0.127. The van der Waals surface area contributed by atoms with Crippen molar-refractivity contribution in [1.29, 1.82) is 0 Å². The molecular weight excluding hydrogens is 260 g/mol. The quantitative estimate of drug-likeness (QED) is 0.889. The van der Waals surface area contributed by atoms with Crippen LogP contribution in [0.15, 0.2) is 24.3 Å². The number of rotatable bonds is 3. The summed E-state index contributed by atoms with van der Waals surface area (Å²) in [6, 6.07) is 7.43. The number of nitrogens with one attached hydrogen (secondary N) is 1. The maximum Gasteiger partial charge on any atom is 0.243 e. The van der Waals surface area contributed by atoms with Gasteiger partial charge in [-0.1, -0.05) is 44.4 Å². The van der Waals surface area contributed by atoms with Crippen LogP contribution < -0.4 is 11.1 Å². The summed E-state index contributed by atoms with van der Waals surface area (Å²) in [7, 11) is 0. The molecule has 3 nitrogen and oxygen atoms in total. The van der Waals surface area contributed by atoms with Crippen LogP contribution in [0.1, 0.15) is 39.5 Å². The van der Waals surface area contributed by atoms with E-state index in [0.29, 0.717) is 5.02 Å². The third kappa shape index (κ3) is 2.57. The average molecular weight is 281 g/mol. The number of primary amides is 1. The van der Waals surface area contributed by atoms with E-state index >= 15 is 0 Å². The molecule has 0 saturated heterocycles. The van der Waals surface area contributed by atoms with Gasteiger partial charge in [0.15, 0.2) is 0 Å². The molecule has 0 heterocycles. The molecule has 1 unspecified atom stereocenters. The Morgan fingerprint density at radius 2 is 2.00 bits per heavy atom. The molecule has 4 heteroatoms. The molecule has 1 aliphatic carbocycles. The number of halogens is 1. The Bertz CT molecular complexity index is 487. The summed E-state index contributed by atoms with van der Waals surface area (Å²) in [6.07, 6.45) is 3.91. The standard InChI is InChI=1S/C15H21ClN2O/c1-14(2)8-3-4-9-15(14,13(17)19)18-12-7-5-6-11(16)10-12/h5-7,10,18H,3-4,8-9H2,1-2H3,(H2,17,19). The van der Waals surface area contributed by atoms with Crippen LogP contribution in [0.5, 0.6) is 0 Å². The monoisotopic (exact) mass is 280 g/mol. The number of carbonyl (C=O) groups is 1. The molecule has 0 aromatic heterocycles. The Kier molecular flexibility index (Phi) is 3.77. The van der Waals surface area contributed by atoms with Crippen LogP contribution in [0.3, 0.4) is 0 Å². The van der Waals surface area contributed by atoms with E-state index in [4.69, 9.17) is 17.3 Å². The van der Waals surface area contributed by atoms with Crippen molar-refractivity contribution in [2.24, 2.45) is 11.1 Å². The van der Waals surface area contributed by atoms with E-state index in [1.165, 1.54) is 0 Å². The molecule has 1 atom stereocenters. The lowest BCUT2D eigenvalue weighted by Crippen LogP contribution is -2.61. The molecule has 1 aromatic carbocycles. The van der Waals surface area contributed by atoms with Crippen molar-refractivity contribution in [1.82, 2.24) is 0 Å². The predicted octanol–water partition coefficient (Wildman–Crippen LogP) is 3.58. The van der Waals surface area contributed by atoms with Crippen molar-refractivity contribution in [2.45, 2.75) is 45.1 Å². The lowest BCUT2D eigenvalue weighted by Gasteiger charge is -2.49. The van der Waals surface area contributed by atoms with Gasteiger partial charge in [-0.15, -0.1) is 0 Å². The van der Waals surface area contributed by atoms with Gasteiger partial charge in [0.25, 0.3) is 0 Å². The first-order chi connectivity index (χ1) is 8.87. The number of nitrogens with two attached hydrogens (primary N) is 1. The molecule has 1 amide bonds. The van der Waals surface area contributed by atoms with Crippen molar-refractivity contribution in [3.63, 3.8) is 0 Å². The summed E-state index contributed by atoms with van der Waals surface area (Å²) >= 11 is 6.00. The van der Waals surface area contributed by atoms with Crippen molar-refractivity contribution in [3.05, 3.63) is 29.3 Å². The summed E-state index contributed by atoms with van der Waals surface area (Å²) in [5, 5.41) is 4.02. The van der Waals surface area contributed by atoms with E-state index in [2.05, 4.69) is 19.2 Å². The van der Waals surface area contributed by atoms with Crippen LogP contribution in [-0.4, -0.2) is 11.4 Å². The highest BCUT2D eigenvalue weighted by molar-refractivity contribution is 6.30. The molecule has 0 aliphatic heterocycles. The number of carbonyl (C=O) groups excluding carboxylic acids is 1. The second-order valence-corrected chi connectivity index (χ2v) is 6.43. The fourth-order valence-electron chi connectivity index (χ4n) is 3.07. The van der Waals surface area contributed by atoms with E-state index in [1.54, 1.807) is 0 Å². The molecule has 0 radical (unpaired) electrons. The van der Waals surface area contributed by atoms with Crippen LogP contribution >= 0.6 is 11.6 Å². The number of hydrogen-bond acceptors (Lipinski definition) is 2. The summed E-state index contributed by atoms with van der Waals surface area (Å²) in [5.74, 6) is -0.280. The minimum Gasteiger partial charge on any atom is -0.371 e. The maximum atomic E-state index is 12.1. The molecule has 1 saturated carbocycles. The van der Waals surface area contributed by atoms with Crippen LogP contribution in [0.2, 0.25) is 5.02 Å². The van der Waals surface area contributed by atoms with Gasteiger partial charge in [0.05, 0.1) is 0 Å². The molecular formula is C15H21ClN2O. The Morgan fingerprint density at radius 1 is 1.32 bits per heavy atom. The first-order valence-corrected chi connectivity index (χ1v) is 7.09. The third-order valence-corrected chi connectivity index (χ3v) is 4.60. The van der Waals surface area contributed by atoms with E-state index in [0.717, 1.165) is 31.4 Å². The van der Waals surface area contributed by atoms with Gasteiger partial charge in [-0.25, -0.2) is 0 Å². The normalized spacial score (nSPS) is 25.8. The number of hydrogen-bond donors (Lipinski definition) is 2. The van der Waals surface area contributed by atoms with E-state index < -0.39 is 5.54 Å². The van der Waals surface area contributed by atoms with Crippen molar-refractivity contribution >= 4 is 23.2 Å². The van der Waals surface area contributed by atoms with Gasteiger partial charge >= 0.3 is 0 Å². The Balaban J connectivity index is 2.37. The summed E-state index contributed by atoms with van der Waals surface area (Å²) in [4.78, 5) is 12.1. The maximum absolute atomic E-state index is 12.1. The SMILES string of the molecule is CC1(C)CCCCC1(Nc1cccc(Cl)c1)C(N)=O. The van der Waals surface area contributed by atoms with Crippen molar-refractivity contribution in [2.75, 3.05) is 5.32 Å². The van der Waals surface area contributed by atoms with E-state index in [9.17, 15) is 4.79 Å². The molecule has 3 N–H and O–H groups in total. The summed E-state index contributed by atoms with van der Waals surface area (Å²) < 4.78 is 0. The van der Waals surface area contributed by atoms with Gasteiger partial charge in [0, 0.05) is 10.7 Å². The van der Waals surface area contributed by atoms with Crippen LogP contribution in [0.25, 0.3) is 0 Å². The lowest BCUT2D eigenvalue weighted by atomic mass is 9.62. The van der Waals surface area contributed by atoms with E-state index in [1.807, 2.05) is 24.3 Å². The molecule has 1 fully saturated rings. The minimum absolute atomic E-state index is 0.167. The van der Waals surface area contributed by atoms with Gasteiger partial charge in [-0.05, 0) is 36.5 Å². The minimum atomic E-state index is -0.698. The topological polar surface area (TPSA) is 55.1 Å². The zero-order valence-corrected chi connectivity index (χ0v) is 12.3. The highest BCUT2D eigenvalue weighted by Crippen LogP contribution is 2.45. The molecule has 0 spiro atoms. The van der Waals surface area contributed by atoms with Crippen molar-refractivity contribution < 1.29 is 4.79 Å². The molecule has 0 bridgehead atoms. The predicted molar refractivity (Wildman–Crippen MR) is 79.2 cm³/mol. The highest BCUT2D eigenvalue weighted by atomic mass is 35.5. The second kappa shape index (κ2) is 5.04. The fraction of sp³-hybridized carbons (Fsp3) is 0.533. The Morgan fingerprint density at radius 3 is 2.58 bits per heavy atom. The molecule has 19 heavy (non-hydrogen) atoms. The number of amides is 1. The molecule has 104 valence electrons. The van der Waals surface area contributed by atoms with Gasteiger partial charge in [0.2, 0.25) is 5.91 Å². The largest absolute Gasteiger partial charge is 0.371 e. The first-order valence-electron chi connectivity index (χ1n) is 6.71. The van der Waals surface area contributed by atoms with Crippen LogP contribution in [-0.2, 0) is 4.79 Å². The molecule has 2 rings (SSSR count). The van der Waals surface area contributed by atoms with Gasteiger partial charge in [-0.2, -0.15) is 0 Å². The molecule has 1 aliphatic rings. The number of benzene rings is 1. The van der Waals surface area contributed by atoms with Gasteiger partial charge in [0.1, 0.15) is 5.54 Å². The van der Waals surface area contributed by atoms with Crippen LogP contribution in [0, 0.1) is 5.41 Å². The van der Waals surface area contributed by atoms with Crippen LogP contribution in [0.4, 0.5) is 5.69 Å². The Hall–Kier alpha value is -1.22.